The Labute approximate surface area is 138 Å². The van der Waals surface area contributed by atoms with E-state index < -0.39 is 8.07 Å². The summed E-state index contributed by atoms with van der Waals surface area (Å²) < 4.78 is 1.57. The van der Waals surface area contributed by atoms with Crippen molar-refractivity contribution in [1.82, 2.24) is 0 Å². The standard InChI is InChI=1S/C18H22S2Si/c1-21(2,3)18(20-17-12-8-5-9-13-17)14-15-19-16-10-6-4-7-11-16/h4-14H,15H2,1-3H3/b18-14+. The van der Waals surface area contributed by atoms with Gasteiger partial charge in [0.05, 0.1) is 8.07 Å². The molecule has 2 rings (SSSR count). The second-order valence-electron chi connectivity index (χ2n) is 5.86. The molecular formula is C18H22S2Si. The third-order valence-corrected chi connectivity index (χ3v) is 8.63. The number of benzene rings is 2. The van der Waals surface area contributed by atoms with E-state index in [0.29, 0.717) is 0 Å². The predicted molar refractivity (Wildman–Crippen MR) is 101 cm³/mol. The minimum absolute atomic E-state index is 1.05. The largest absolute Gasteiger partial charge is 0.122 e. The first-order valence-electron chi connectivity index (χ1n) is 7.17. The van der Waals surface area contributed by atoms with Gasteiger partial charge in [-0.2, -0.15) is 0 Å². The second-order valence-corrected chi connectivity index (χ2v) is 13.5. The Morgan fingerprint density at radius 3 is 1.90 bits per heavy atom. The van der Waals surface area contributed by atoms with Gasteiger partial charge in [-0.1, -0.05) is 73.9 Å². The molecule has 3 heteroatoms. The summed E-state index contributed by atoms with van der Waals surface area (Å²) in [5, 5.41) is 0. The summed E-state index contributed by atoms with van der Waals surface area (Å²) in [7, 11) is -1.30. The molecule has 0 amide bonds. The number of thioether (sulfide) groups is 2. The Kier molecular flexibility index (Phi) is 6.21. The van der Waals surface area contributed by atoms with E-state index in [1.54, 1.807) is 4.53 Å². The van der Waals surface area contributed by atoms with E-state index in [-0.39, 0.29) is 0 Å². The molecule has 0 N–H and O–H groups in total. The van der Waals surface area contributed by atoms with Crippen LogP contribution in [-0.4, -0.2) is 13.8 Å². The van der Waals surface area contributed by atoms with Gasteiger partial charge in [0.2, 0.25) is 0 Å². The molecule has 2 aromatic rings. The lowest BCUT2D eigenvalue weighted by Gasteiger charge is -2.20. The van der Waals surface area contributed by atoms with Crippen molar-refractivity contribution in [2.75, 3.05) is 5.75 Å². The van der Waals surface area contributed by atoms with Gasteiger partial charge in [-0.15, -0.1) is 11.8 Å². The average molecular weight is 331 g/mol. The Morgan fingerprint density at radius 2 is 1.38 bits per heavy atom. The lowest BCUT2D eigenvalue weighted by Crippen LogP contribution is -2.22. The van der Waals surface area contributed by atoms with Crippen molar-refractivity contribution in [3.05, 3.63) is 71.3 Å². The SMILES string of the molecule is C[Si](C)(C)/C(=C/CSc1ccccc1)Sc1ccccc1. The van der Waals surface area contributed by atoms with Gasteiger partial charge in [0.25, 0.3) is 0 Å². The van der Waals surface area contributed by atoms with E-state index in [9.17, 15) is 0 Å². The van der Waals surface area contributed by atoms with Crippen molar-refractivity contribution in [2.45, 2.75) is 29.4 Å². The van der Waals surface area contributed by atoms with Crippen LogP contribution in [0.15, 0.2) is 81.1 Å². The summed E-state index contributed by atoms with van der Waals surface area (Å²) in [4.78, 5) is 2.68. The zero-order valence-electron chi connectivity index (χ0n) is 12.9. The number of hydrogen-bond acceptors (Lipinski definition) is 2. The van der Waals surface area contributed by atoms with Crippen LogP contribution >= 0.6 is 23.5 Å². The molecule has 110 valence electrons. The monoisotopic (exact) mass is 330 g/mol. The van der Waals surface area contributed by atoms with Crippen LogP contribution in [0.3, 0.4) is 0 Å². The van der Waals surface area contributed by atoms with Crippen LogP contribution in [0.4, 0.5) is 0 Å². The van der Waals surface area contributed by atoms with Crippen LogP contribution in [0.2, 0.25) is 19.6 Å². The summed E-state index contributed by atoms with van der Waals surface area (Å²) in [5.74, 6) is 1.05. The van der Waals surface area contributed by atoms with Crippen LogP contribution in [0.5, 0.6) is 0 Å². The normalized spacial score (nSPS) is 12.4. The van der Waals surface area contributed by atoms with Gasteiger partial charge in [0.1, 0.15) is 0 Å². The molecule has 0 unspecified atom stereocenters. The second kappa shape index (κ2) is 7.92. The predicted octanol–water partition coefficient (Wildman–Crippen LogP) is 6.33. The van der Waals surface area contributed by atoms with Gasteiger partial charge >= 0.3 is 0 Å². The van der Waals surface area contributed by atoms with Crippen molar-refractivity contribution in [1.29, 1.82) is 0 Å². The highest BCUT2D eigenvalue weighted by molar-refractivity contribution is 8.05. The molecule has 2 aromatic carbocycles. The Hall–Kier alpha value is -0.903. The topological polar surface area (TPSA) is 0 Å². The van der Waals surface area contributed by atoms with Gasteiger partial charge in [-0.3, -0.25) is 0 Å². The lowest BCUT2D eigenvalue weighted by atomic mass is 10.4. The zero-order valence-corrected chi connectivity index (χ0v) is 15.5. The van der Waals surface area contributed by atoms with E-state index >= 15 is 0 Å². The molecule has 21 heavy (non-hydrogen) atoms. The summed E-state index contributed by atoms with van der Waals surface area (Å²) in [6.07, 6.45) is 2.43. The smallest absolute Gasteiger partial charge is 0.0858 e. The van der Waals surface area contributed by atoms with Crippen LogP contribution in [0, 0.1) is 0 Å². The highest BCUT2D eigenvalue weighted by Gasteiger charge is 2.20. The summed E-state index contributed by atoms with van der Waals surface area (Å²) >= 11 is 3.85. The first-order chi connectivity index (χ1) is 10.1. The molecular weight excluding hydrogens is 308 g/mol. The molecule has 0 nitrogen and oxygen atoms in total. The van der Waals surface area contributed by atoms with Crippen LogP contribution < -0.4 is 0 Å². The zero-order chi connectivity index (χ0) is 15.1. The fourth-order valence-electron chi connectivity index (χ4n) is 1.85. The molecule has 0 aliphatic heterocycles. The highest BCUT2D eigenvalue weighted by atomic mass is 32.2. The molecule has 0 atom stereocenters. The molecule has 0 aromatic heterocycles. The lowest BCUT2D eigenvalue weighted by molar-refractivity contribution is 1.46. The molecule has 0 aliphatic rings. The molecule has 0 spiro atoms. The fraction of sp³-hybridized carbons (Fsp3) is 0.222. The van der Waals surface area contributed by atoms with Crippen molar-refractivity contribution >= 4 is 31.6 Å². The Balaban J connectivity index is 2.04. The molecule has 0 bridgehead atoms. The molecule has 0 saturated carbocycles. The van der Waals surface area contributed by atoms with Crippen LogP contribution in [-0.2, 0) is 0 Å². The van der Waals surface area contributed by atoms with E-state index in [4.69, 9.17) is 0 Å². The van der Waals surface area contributed by atoms with Gasteiger partial charge < -0.3 is 0 Å². The molecule has 0 heterocycles. The first kappa shape index (κ1) is 16.5. The highest BCUT2D eigenvalue weighted by Crippen LogP contribution is 2.34. The van der Waals surface area contributed by atoms with E-state index in [1.165, 1.54) is 9.79 Å². The summed E-state index contributed by atoms with van der Waals surface area (Å²) in [6, 6.07) is 21.3. The average Bonchev–Trinajstić information content (AvgIpc) is 2.47. The minimum atomic E-state index is -1.30. The molecule has 0 radical (unpaired) electrons. The van der Waals surface area contributed by atoms with Crippen molar-refractivity contribution in [2.24, 2.45) is 0 Å². The van der Waals surface area contributed by atoms with Crippen molar-refractivity contribution < 1.29 is 0 Å². The summed E-state index contributed by atoms with van der Waals surface area (Å²) in [5.41, 5.74) is 0. The number of hydrogen-bond donors (Lipinski definition) is 0. The number of rotatable bonds is 6. The van der Waals surface area contributed by atoms with Crippen molar-refractivity contribution in [3.8, 4) is 0 Å². The van der Waals surface area contributed by atoms with Crippen LogP contribution in [0.25, 0.3) is 0 Å². The maximum Gasteiger partial charge on any atom is 0.0858 e. The maximum absolute atomic E-state index is 2.43. The molecule has 0 saturated heterocycles. The van der Waals surface area contributed by atoms with Gasteiger partial charge in [-0.25, -0.2) is 0 Å². The fourth-order valence-corrected chi connectivity index (χ4v) is 5.90. The van der Waals surface area contributed by atoms with Gasteiger partial charge in [-0.05, 0) is 28.8 Å². The first-order valence-corrected chi connectivity index (χ1v) is 12.5. The minimum Gasteiger partial charge on any atom is -0.122 e. The maximum atomic E-state index is 2.43. The van der Waals surface area contributed by atoms with Crippen molar-refractivity contribution in [3.63, 3.8) is 0 Å². The molecule has 0 fully saturated rings. The van der Waals surface area contributed by atoms with Gasteiger partial charge in [0.15, 0.2) is 0 Å². The third kappa shape index (κ3) is 5.77. The van der Waals surface area contributed by atoms with E-state index in [1.807, 2.05) is 23.5 Å². The van der Waals surface area contributed by atoms with Gasteiger partial charge in [0, 0.05) is 15.5 Å². The molecule has 0 aliphatic carbocycles. The van der Waals surface area contributed by atoms with Crippen LogP contribution in [0.1, 0.15) is 0 Å². The Morgan fingerprint density at radius 1 is 0.857 bits per heavy atom. The third-order valence-electron chi connectivity index (χ3n) is 2.97. The van der Waals surface area contributed by atoms with E-state index in [2.05, 4.69) is 86.4 Å². The van der Waals surface area contributed by atoms with E-state index in [0.717, 1.165) is 5.75 Å². The Bertz CT molecular complexity index is 571. The quantitative estimate of drug-likeness (QED) is 0.448. The summed E-state index contributed by atoms with van der Waals surface area (Å²) in [6.45, 7) is 7.26.